The van der Waals surface area contributed by atoms with Crippen molar-refractivity contribution in [1.29, 1.82) is 0 Å². The van der Waals surface area contributed by atoms with Crippen LogP contribution < -0.4 is 4.74 Å². The van der Waals surface area contributed by atoms with Crippen LogP contribution in [0.15, 0.2) is 16.6 Å². The maximum absolute atomic E-state index is 13.4. The first-order chi connectivity index (χ1) is 7.74. The monoisotopic (exact) mass is 321 g/mol. The summed E-state index contributed by atoms with van der Waals surface area (Å²) in [7, 11) is -0.566. The van der Waals surface area contributed by atoms with Gasteiger partial charge in [-0.05, 0) is 17.2 Å². The summed E-state index contributed by atoms with van der Waals surface area (Å²) in [5.41, 5.74) is 0. The summed E-state index contributed by atoms with van der Waals surface area (Å²) in [6.07, 6.45) is 0. The second kappa shape index (κ2) is 5.48. The van der Waals surface area contributed by atoms with Crippen LogP contribution in [0.4, 0.5) is 8.78 Å². The molecule has 1 radical (unpaired) electrons. The number of hydrogen-bond donors (Lipinski definition) is 0. The second-order valence-corrected chi connectivity index (χ2v) is 9.14. The van der Waals surface area contributed by atoms with E-state index in [4.69, 9.17) is 4.74 Å². The minimum atomic E-state index is -0.926. The lowest BCUT2D eigenvalue weighted by molar-refractivity contribution is 0.260. The average Bonchev–Trinajstić information content (AvgIpc) is 2.21. The van der Waals surface area contributed by atoms with Gasteiger partial charge < -0.3 is 4.74 Å². The molecule has 0 spiro atoms. The highest BCUT2D eigenvalue weighted by molar-refractivity contribution is 9.10. The SMILES string of the molecule is C[Si](C)C(C)(C)COc1cc(Br)cc(F)c1F. The Hall–Kier alpha value is -0.423. The number of rotatable bonds is 4. The van der Waals surface area contributed by atoms with E-state index >= 15 is 0 Å². The summed E-state index contributed by atoms with van der Waals surface area (Å²) in [6, 6.07) is 2.54. The van der Waals surface area contributed by atoms with Gasteiger partial charge in [0.25, 0.3) is 0 Å². The predicted octanol–water partition coefficient (Wildman–Crippen LogP) is 4.64. The largest absolute Gasteiger partial charge is 0.490 e. The zero-order valence-electron chi connectivity index (χ0n) is 10.4. The van der Waals surface area contributed by atoms with E-state index in [0.29, 0.717) is 11.1 Å². The van der Waals surface area contributed by atoms with Gasteiger partial charge in [-0.15, -0.1) is 0 Å². The third-order valence-corrected chi connectivity index (χ3v) is 6.21. The quantitative estimate of drug-likeness (QED) is 0.579. The van der Waals surface area contributed by atoms with E-state index < -0.39 is 20.4 Å². The molecule has 0 aromatic heterocycles. The molecule has 0 atom stereocenters. The highest BCUT2D eigenvalue weighted by Crippen LogP contribution is 2.31. The van der Waals surface area contributed by atoms with Crippen molar-refractivity contribution < 1.29 is 13.5 Å². The van der Waals surface area contributed by atoms with E-state index in [1.54, 1.807) is 0 Å². The molecule has 0 aliphatic rings. The van der Waals surface area contributed by atoms with Gasteiger partial charge in [0.15, 0.2) is 11.6 Å². The van der Waals surface area contributed by atoms with Gasteiger partial charge in [0.05, 0.1) is 15.4 Å². The second-order valence-electron chi connectivity index (χ2n) is 4.87. The summed E-state index contributed by atoms with van der Waals surface area (Å²) in [5, 5.41) is 0.00982. The molecule has 0 aliphatic carbocycles. The maximum atomic E-state index is 13.4. The molecule has 0 bridgehead atoms. The molecular weight excluding hydrogens is 306 g/mol. The minimum Gasteiger partial charge on any atom is -0.490 e. The van der Waals surface area contributed by atoms with Crippen LogP contribution in [0.2, 0.25) is 18.1 Å². The van der Waals surface area contributed by atoms with Crippen LogP contribution in [-0.4, -0.2) is 15.4 Å². The molecular formula is C12H16BrF2OSi. The van der Waals surface area contributed by atoms with Crippen molar-refractivity contribution in [3.05, 3.63) is 28.2 Å². The van der Waals surface area contributed by atoms with Crippen molar-refractivity contribution in [3.8, 4) is 5.75 Å². The molecule has 5 heteroatoms. The Bertz CT molecular complexity index is 408. The molecule has 0 saturated heterocycles. The van der Waals surface area contributed by atoms with E-state index in [2.05, 4.69) is 42.9 Å². The number of benzene rings is 1. The first-order valence-electron chi connectivity index (χ1n) is 5.32. The lowest BCUT2D eigenvalue weighted by Crippen LogP contribution is -2.27. The van der Waals surface area contributed by atoms with Crippen LogP contribution >= 0.6 is 15.9 Å². The fourth-order valence-corrected chi connectivity index (χ4v) is 1.81. The molecule has 0 N–H and O–H groups in total. The first-order valence-corrected chi connectivity index (χ1v) is 8.61. The van der Waals surface area contributed by atoms with Crippen LogP contribution in [-0.2, 0) is 0 Å². The topological polar surface area (TPSA) is 9.23 Å². The fourth-order valence-electron chi connectivity index (χ4n) is 1.04. The molecule has 17 heavy (non-hydrogen) atoms. The van der Waals surface area contributed by atoms with Gasteiger partial charge in [0.2, 0.25) is 5.82 Å². The van der Waals surface area contributed by atoms with E-state index in [9.17, 15) is 8.78 Å². The molecule has 0 aliphatic heterocycles. The fraction of sp³-hybridized carbons (Fsp3) is 0.500. The van der Waals surface area contributed by atoms with Crippen LogP contribution in [0.25, 0.3) is 0 Å². The third-order valence-electron chi connectivity index (χ3n) is 2.90. The van der Waals surface area contributed by atoms with E-state index in [-0.39, 0.29) is 10.8 Å². The normalized spacial score (nSPS) is 12.0. The van der Waals surface area contributed by atoms with E-state index in [0.717, 1.165) is 6.07 Å². The molecule has 1 nitrogen and oxygen atoms in total. The number of halogens is 3. The van der Waals surface area contributed by atoms with Crippen LogP contribution in [0.1, 0.15) is 13.8 Å². The summed E-state index contributed by atoms with van der Waals surface area (Å²) < 4.78 is 32.5. The average molecular weight is 322 g/mol. The van der Waals surface area contributed by atoms with Crippen molar-refractivity contribution in [1.82, 2.24) is 0 Å². The van der Waals surface area contributed by atoms with E-state index in [1.807, 2.05) is 0 Å². The lowest BCUT2D eigenvalue weighted by Gasteiger charge is -2.28. The van der Waals surface area contributed by atoms with E-state index in [1.165, 1.54) is 6.07 Å². The smallest absolute Gasteiger partial charge is 0.200 e. The Labute approximate surface area is 111 Å². The number of hydrogen-bond acceptors (Lipinski definition) is 1. The predicted molar refractivity (Wildman–Crippen MR) is 71.1 cm³/mol. The molecule has 1 aromatic carbocycles. The molecule has 0 unspecified atom stereocenters. The summed E-state index contributed by atoms with van der Waals surface area (Å²) >= 11 is 3.12. The zero-order chi connectivity index (χ0) is 13.2. The summed E-state index contributed by atoms with van der Waals surface area (Å²) in [5.74, 6) is -1.86. The Morgan fingerprint density at radius 2 is 1.88 bits per heavy atom. The highest BCUT2D eigenvalue weighted by atomic mass is 79.9. The molecule has 1 aromatic rings. The molecule has 1 rings (SSSR count). The highest BCUT2D eigenvalue weighted by Gasteiger charge is 2.25. The Balaban J connectivity index is 2.83. The Morgan fingerprint density at radius 1 is 1.29 bits per heavy atom. The third kappa shape index (κ3) is 3.78. The van der Waals surface area contributed by atoms with Gasteiger partial charge in [0, 0.05) is 4.47 Å². The van der Waals surface area contributed by atoms with Gasteiger partial charge in [-0.25, -0.2) is 4.39 Å². The van der Waals surface area contributed by atoms with Gasteiger partial charge in [0.1, 0.15) is 0 Å². The molecule has 0 amide bonds. The van der Waals surface area contributed by atoms with Crippen LogP contribution in [0.3, 0.4) is 0 Å². The Kier molecular flexibility index (Phi) is 4.72. The van der Waals surface area contributed by atoms with Gasteiger partial charge in [-0.2, -0.15) is 4.39 Å². The lowest BCUT2D eigenvalue weighted by atomic mass is 10.2. The molecule has 0 heterocycles. The van der Waals surface area contributed by atoms with Gasteiger partial charge in [-0.1, -0.05) is 42.9 Å². The number of ether oxygens (including phenoxy) is 1. The summed E-state index contributed by atoms with van der Waals surface area (Å²) in [6.45, 7) is 8.89. The first kappa shape index (κ1) is 14.6. The van der Waals surface area contributed by atoms with Crippen LogP contribution in [0, 0.1) is 11.6 Å². The molecule has 0 fully saturated rings. The van der Waals surface area contributed by atoms with Crippen molar-refractivity contribution in [2.75, 3.05) is 6.61 Å². The zero-order valence-corrected chi connectivity index (χ0v) is 13.0. The van der Waals surface area contributed by atoms with Crippen molar-refractivity contribution in [2.45, 2.75) is 32.0 Å². The van der Waals surface area contributed by atoms with Crippen LogP contribution in [0.5, 0.6) is 5.75 Å². The van der Waals surface area contributed by atoms with Crippen molar-refractivity contribution in [2.24, 2.45) is 0 Å². The molecule has 95 valence electrons. The maximum Gasteiger partial charge on any atom is 0.200 e. The van der Waals surface area contributed by atoms with Crippen molar-refractivity contribution in [3.63, 3.8) is 0 Å². The van der Waals surface area contributed by atoms with Gasteiger partial charge >= 0.3 is 0 Å². The van der Waals surface area contributed by atoms with Gasteiger partial charge in [-0.3, -0.25) is 0 Å². The standard InChI is InChI=1S/C12H16BrF2OSi/c1-12(2,17(3)4)7-16-10-6-8(13)5-9(14)11(10)15/h5-6H,7H2,1-4H3. The van der Waals surface area contributed by atoms with Crippen molar-refractivity contribution >= 4 is 24.7 Å². The minimum absolute atomic E-state index is 0.00982. The summed E-state index contributed by atoms with van der Waals surface area (Å²) in [4.78, 5) is 0. The molecule has 0 saturated carbocycles. The Morgan fingerprint density at radius 3 is 2.41 bits per heavy atom.